The lowest BCUT2D eigenvalue weighted by molar-refractivity contribution is -0.124. The molecule has 1 unspecified atom stereocenters. The Labute approximate surface area is 136 Å². The van der Waals surface area contributed by atoms with Gasteiger partial charge < -0.3 is 10.0 Å². The van der Waals surface area contributed by atoms with Crippen molar-refractivity contribution in [2.24, 2.45) is 5.41 Å². The standard InChI is InChI=1S/C17H23ClN2O2/c1-12(2)20-11-17(7-9-19(10-8-17)16(21)22)15(20)13-3-5-14(18)6-4-13/h3-6,12,15H,7-11H2,1-2H3,(H,21,22). The highest BCUT2D eigenvalue weighted by Gasteiger charge is 2.54. The molecule has 0 aliphatic carbocycles. The average Bonchev–Trinajstić information content (AvgIpc) is 2.47. The molecule has 120 valence electrons. The molecule has 3 rings (SSSR count). The zero-order chi connectivity index (χ0) is 15.9. The van der Waals surface area contributed by atoms with E-state index in [2.05, 4.69) is 30.9 Å². The van der Waals surface area contributed by atoms with Crippen LogP contribution in [0.5, 0.6) is 0 Å². The molecule has 2 fully saturated rings. The lowest BCUT2D eigenvalue weighted by atomic mass is 9.62. The number of benzene rings is 1. The molecule has 2 heterocycles. The van der Waals surface area contributed by atoms with Crippen molar-refractivity contribution in [3.05, 3.63) is 34.9 Å². The zero-order valence-electron chi connectivity index (χ0n) is 13.1. The first kappa shape index (κ1) is 15.6. The molecule has 2 saturated heterocycles. The first-order valence-corrected chi connectivity index (χ1v) is 8.30. The van der Waals surface area contributed by atoms with E-state index >= 15 is 0 Å². The van der Waals surface area contributed by atoms with E-state index in [-0.39, 0.29) is 5.41 Å². The van der Waals surface area contributed by atoms with Crippen LogP contribution in [0.25, 0.3) is 0 Å². The normalized spacial score (nSPS) is 24.5. The van der Waals surface area contributed by atoms with E-state index in [1.807, 2.05) is 12.1 Å². The smallest absolute Gasteiger partial charge is 0.407 e. The number of nitrogens with zero attached hydrogens (tertiary/aromatic N) is 2. The fourth-order valence-electron chi connectivity index (χ4n) is 4.03. The summed E-state index contributed by atoms with van der Waals surface area (Å²) in [6.45, 7) is 6.80. The van der Waals surface area contributed by atoms with Crippen LogP contribution < -0.4 is 0 Å². The molecule has 0 saturated carbocycles. The molecule has 1 aromatic carbocycles. The Hall–Kier alpha value is -1.26. The molecule has 1 spiro atoms. The van der Waals surface area contributed by atoms with Crippen LogP contribution in [0.15, 0.2) is 24.3 Å². The van der Waals surface area contributed by atoms with E-state index in [9.17, 15) is 4.79 Å². The van der Waals surface area contributed by atoms with Gasteiger partial charge in [-0.05, 0) is 44.4 Å². The Morgan fingerprint density at radius 2 is 1.86 bits per heavy atom. The van der Waals surface area contributed by atoms with Crippen LogP contribution in [0.2, 0.25) is 5.02 Å². The number of rotatable bonds is 2. The van der Waals surface area contributed by atoms with Crippen molar-refractivity contribution in [3.8, 4) is 0 Å². The van der Waals surface area contributed by atoms with Gasteiger partial charge >= 0.3 is 6.09 Å². The second-order valence-corrected chi connectivity index (χ2v) is 7.29. The Morgan fingerprint density at radius 3 is 2.36 bits per heavy atom. The quantitative estimate of drug-likeness (QED) is 0.899. The molecule has 1 amide bonds. The van der Waals surface area contributed by atoms with Crippen molar-refractivity contribution in [3.63, 3.8) is 0 Å². The lowest BCUT2D eigenvalue weighted by Crippen LogP contribution is -2.64. The average molecular weight is 323 g/mol. The Kier molecular flexibility index (Phi) is 4.08. The summed E-state index contributed by atoms with van der Waals surface area (Å²) < 4.78 is 0. The maximum atomic E-state index is 11.1. The topological polar surface area (TPSA) is 43.8 Å². The van der Waals surface area contributed by atoms with Crippen LogP contribution >= 0.6 is 11.6 Å². The summed E-state index contributed by atoms with van der Waals surface area (Å²) in [5.74, 6) is 0. The van der Waals surface area contributed by atoms with Gasteiger partial charge in [0.25, 0.3) is 0 Å². The summed E-state index contributed by atoms with van der Waals surface area (Å²) in [6, 6.07) is 9.01. The Morgan fingerprint density at radius 1 is 1.27 bits per heavy atom. The molecular weight excluding hydrogens is 300 g/mol. The van der Waals surface area contributed by atoms with Crippen molar-refractivity contribution in [1.29, 1.82) is 0 Å². The van der Waals surface area contributed by atoms with Gasteiger partial charge in [-0.2, -0.15) is 0 Å². The van der Waals surface area contributed by atoms with Crippen LogP contribution in [-0.4, -0.2) is 46.7 Å². The molecule has 5 heteroatoms. The van der Waals surface area contributed by atoms with Gasteiger partial charge in [-0.15, -0.1) is 0 Å². The monoisotopic (exact) mass is 322 g/mol. The second kappa shape index (κ2) is 5.74. The Bertz CT molecular complexity index is 550. The van der Waals surface area contributed by atoms with Gasteiger partial charge in [-0.1, -0.05) is 23.7 Å². The van der Waals surface area contributed by atoms with Gasteiger partial charge in [-0.25, -0.2) is 4.79 Å². The molecule has 0 bridgehead atoms. The van der Waals surface area contributed by atoms with E-state index in [0.717, 1.165) is 24.4 Å². The van der Waals surface area contributed by atoms with E-state index in [4.69, 9.17) is 16.7 Å². The lowest BCUT2D eigenvalue weighted by Gasteiger charge is -2.62. The minimum atomic E-state index is -0.794. The summed E-state index contributed by atoms with van der Waals surface area (Å²) >= 11 is 6.02. The third-order valence-corrected chi connectivity index (χ3v) is 5.54. The second-order valence-electron chi connectivity index (χ2n) is 6.85. The van der Waals surface area contributed by atoms with E-state index < -0.39 is 6.09 Å². The zero-order valence-corrected chi connectivity index (χ0v) is 13.9. The first-order valence-electron chi connectivity index (χ1n) is 7.92. The summed E-state index contributed by atoms with van der Waals surface area (Å²) in [6.07, 6.45) is 1.09. The molecule has 4 nitrogen and oxygen atoms in total. The number of carbonyl (C=O) groups is 1. The molecule has 2 aliphatic rings. The largest absolute Gasteiger partial charge is 0.465 e. The van der Waals surface area contributed by atoms with Crippen LogP contribution in [0.3, 0.4) is 0 Å². The number of amides is 1. The van der Waals surface area contributed by atoms with Crippen LogP contribution in [0.4, 0.5) is 4.79 Å². The number of hydrogen-bond donors (Lipinski definition) is 1. The summed E-state index contributed by atoms with van der Waals surface area (Å²) in [7, 11) is 0. The number of hydrogen-bond acceptors (Lipinski definition) is 2. The number of halogens is 1. The Balaban J connectivity index is 1.83. The predicted molar refractivity (Wildman–Crippen MR) is 87.3 cm³/mol. The number of likely N-dealkylation sites (tertiary alicyclic amines) is 2. The molecule has 0 radical (unpaired) electrons. The van der Waals surface area contributed by atoms with Crippen molar-refractivity contribution < 1.29 is 9.90 Å². The van der Waals surface area contributed by atoms with Gasteiger partial charge in [0, 0.05) is 42.2 Å². The van der Waals surface area contributed by atoms with E-state index in [1.165, 1.54) is 5.56 Å². The van der Waals surface area contributed by atoms with Crippen LogP contribution in [-0.2, 0) is 0 Å². The fraction of sp³-hybridized carbons (Fsp3) is 0.588. The van der Waals surface area contributed by atoms with Gasteiger partial charge in [0.15, 0.2) is 0 Å². The summed E-state index contributed by atoms with van der Waals surface area (Å²) in [5, 5.41) is 9.91. The van der Waals surface area contributed by atoms with Gasteiger partial charge in [0.1, 0.15) is 0 Å². The highest BCUT2D eigenvalue weighted by Crippen LogP contribution is 2.55. The third-order valence-electron chi connectivity index (χ3n) is 5.29. The summed E-state index contributed by atoms with van der Waals surface area (Å²) in [5.41, 5.74) is 1.51. The molecule has 1 atom stereocenters. The summed E-state index contributed by atoms with van der Waals surface area (Å²) in [4.78, 5) is 15.2. The molecule has 0 aromatic heterocycles. The van der Waals surface area contributed by atoms with Gasteiger partial charge in [-0.3, -0.25) is 4.90 Å². The SMILES string of the molecule is CC(C)N1CC2(CCN(C(=O)O)CC2)C1c1ccc(Cl)cc1. The number of piperidine rings is 1. The van der Waals surface area contributed by atoms with E-state index in [0.29, 0.717) is 25.2 Å². The van der Waals surface area contributed by atoms with Crippen molar-refractivity contribution in [2.75, 3.05) is 19.6 Å². The first-order chi connectivity index (χ1) is 10.4. The maximum Gasteiger partial charge on any atom is 0.407 e. The third kappa shape index (κ3) is 2.59. The molecule has 22 heavy (non-hydrogen) atoms. The maximum absolute atomic E-state index is 11.1. The van der Waals surface area contributed by atoms with Crippen molar-refractivity contribution in [1.82, 2.24) is 9.80 Å². The van der Waals surface area contributed by atoms with Gasteiger partial charge in [0.2, 0.25) is 0 Å². The van der Waals surface area contributed by atoms with Crippen molar-refractivity contribution >= 4 is 17.7 Å². The fourth-order valence-corrected chi connectivity index (χ4v) is 4.15. The van der Waals surface area contributed by atoms with E-state index in [1.54, 1.807) is 4.90 Å². The highest BCUT2D eigenvalue weighted by molar-refractivity contribution is 6.30. The van der Waals surface area contributed by atoms with Crippen LogP contribution in [0.1, 0.15) is 38.3 Å². The predicted octanol–water partition coefficient (Wildman–Crippen LogP) is 3.87. The molecular formula is C17H23ClN2O2. The van der Waals surface area contributed by atoms with Gasteiger partial charge in [0.05, 0.1) is 0 Å². The molecule has 2 aliphatic heterocycles. The highest BCUT2D eigenvalue weighted by atomic mass is 35.5. The van der Waals surface area contributed by atoms with Crippen molar-refractivity contribution in [2.45, 2.75) is 38.8 Å². The number of carboxylic acid groups (broad SMARTS) is 1. The molecule has 1 N–H and O–H groups in total. The minimum absolute atomic E-state index is 0.212. The van der Waals surface area contributed by atoms with Crippen LogP contribution in [0, 0.1) is 5.41 Å². The molecule has 1 aromatic rings. The minimum Gasteiger partial charge on any atom is -0.465 e.